The Morgan fingerprint density at radius 1 is 0.585 bits per heavy atom. The van der Waals surface area contributed by atoms with Crippen LogP contribution in [-0.2, 0) is 14.9 Å². The van der Waals surface area contributed by atoms with Crippen LogP contribution in [-0.4, -0.2) is 51.8 Å². The molecule has 2 atom stereocenters. The molecular formula is C35H34O6. The van der Waals surface area contributed by atoms with Crippen molar-refractivity contribution in [1.29, 1.82) is 0 Å². The van der Waals surface area contributed by atoms with Gasteiger partial charge in [0.25, 0.3) is 0 Å². The Morgan fingerprint density at radius 3 is 1.44 bits per heavy atom. The first-order chi connectivity index (χ1) is 20.2. The molecule has 0 aromatic heterocycles. The number of fused-ring (bicyclic) bond motifs is 3. The second kappa shape index (κ2) is 10.8. The first-order valence-corrected chi connectivity index (χ1v) is 14.4. The third-order valence-electron chi connectivity index (χ3n) is 7.94. The number of hydrogen-bond acceptors (Lipinski definition) is 6. The lowest BCUT2D eigenvalue weighted by Crippen LogP contribution is -2.30. The Hall–Kier alpha value is -4.00. The van der Waals surface area contributed by atoms with Gasteiger partial charge in [0, 0.05) is 23.3 Å². The van der Waals surface area contributed by atoms with Crippen LogP contribution in [0, 0.1) is 0 Å². The second-order valence-corrected chi connectivity index (χ2v) is 10.6. The van der Waals surface area contributed by atoms with Crippen LogP contribution in [0.25, 0.3) is 11.1 Å². The van der Waals surface area contributed by atoms with Crippen molar-refractivity contribution in [2.75, 3.05) is 39.6 Å². The van der Waals surface area contributed by atoms with Gasteiger partial charge in [0.05, 0.1) is 31.8 Å². The molecule has 0 spiro atoms. The van der Waals surface area contributed by atoms with Crippen molar-refractivity contribution in [3.05, 3.63) is 107 Å². The van der Waals surface area contributed by atoms with E-state index in [1.807, 2.05) is 38.1 Å². The van der Waals surface area contributed by atoms with Crippen LogP contribution >= 0.6 is 0 Å². The Labute approximate surface area is 240 Å². The summed E-state index contributed by atoms with van der Waals surface area (Å²) in [5, 5.41) is 0. The van der Waals surface area contributed by atoms with E-state index in [-0.39, 0.29) is 12.2 Å². The minimum Gasteiger partial charge on any atom is -0.493 e. The van der Waals surface area contributed by atoms with Gasteiger partial charge in [-0.05, 0) is 48.2 Å². The fraction of sp³-hybridized carbons (Fsp3) is 0.314. The molecule has 0 radical (unpaired) electrons. The average molecular weight is 551 g/mol. The van der Waals surface area contributed by atoms with Crippen molar-refractivity contribution < 1.29 is 28.4 Å². The summed E-state index contributed by atoms with van der Waals surface area (Å²) in [6.07, 6.45) is 0.345. The molecule has 2 unspecified atom stereocenters. The van der Waals surface area contributed by atoms with Crippen molar-refractivity contribution in [2.24, 2.45) is 0 Å². The molecule has 4 aromatic rings. The minimum absolute atomic E-state index is 0.172. The van der Waals surface area contributed by atoms with E-state index in [4.69, 9.17) is 28.4 Å². The summed E-state index contributed by atoms with van der Waals surface area (Å²) in [4.78, 5) is 0. The standard InChI is InChI=1S/C35H34O6/c1-3-36-33-17-23(38-19-25-21-40-25)13-15-31(33)35(29-11-7-5-9-27(29)28-10-6-8-12-30(28)35)32-16-14-24(18-34(32)37-4-2)39-20-26-22-41-26/h5-18,25-26H,3-4,19-22H2,1-2H3. The van der Waals surface area contributed by atoms with Gasteiger partial charge in [-0.25, -0.2) is 0 Å². The molecule has 7 rings (SSSR count). The number of epoxide rings is 2. The monoisotopic (exact) mass is 550 g/mol. The van der Waals surface area contributed by atoms with Crippen molar-refractivity contribution in [1.82, 2.24) is 0 Å². The molecule has 0 amide bonds. The fourth-order valence-corrected chi connectivity index (χ4v) is 6.02. The van der Waals surface area contributed by atoms with E-state index in [1.165, 1.54) is 22.3 Å². The first kappa shape index (κ1) is 25.9. The molecule has 6 heteroatoms. The van der Waals surface area contributed by atoms with E-state index in [2.05, 4.69) is 60.7 Å². The van der Waals surface area contributed by atoms with Crippen LogP contribution in [0.2, 0.25) is 0 Å². The molecule has 2 heterocycles. The molecule has 6 nitrogen and oxygen atoms in total. The molecule has 3 aliphatic rings. The summed E-state index contributed by atoms with van der Waals surface area (Å²) in [5.41, 5.74) is 6.14. The summed E-state index contributed by atoms with van der Waals surface area (Å²) in [6, 6.07) is 29.7. The highest BCUT2D eigenvalue weighted by molar-refractivity contribution is 5.87. The molecule has 1 aliphatic carbocycles. The molecule has 0 saturated carbocycles. The van der Waals surface area contributed by atoms with E-state index in [0.717, 1.165) is 47.3 Å². The van der Waals surface area contributed by atoms with Crippen LogP contribution in [0.15, 0.2) is 84.9 Å². The van der Waals surface area contributed by atoms with Crippen LogP contribution in [0.3, 0.4) is 0 Å². The van der Waals surface area contributed by atoms with Crippen LogP contribution < -0.4 is 18.9 Å². The lowest BCUT2D eigenvalue weighted by Gasteiger charge is -2.36. The minimum atomic E-state index is -0.696. The molecule has 0 N–H and O–H groups in total. The highest BCUT2D eigenvalue weighted by atomic mass is 16.6. The second-order valence-electron chi connectivity index (χ2n) is 10.6. The Bertz CT molecular complexity index is 1440. The molecule has 2 saturated heterocycles. The number of rotatable bonds is 12. The zero-order chi connectivity index (χ0) is 27.8. The van der Waals surface area contributed by atoms with Gasteiger partial charge in [0.15, 0.2) is 0 Å². The molecular weight excluding hydrogens is 516 g/mol. The maximum absolute atomic E-state index is 6.39. The van der Waals surface area contributed by atoms with E-state index in [9.17, 15) is 0 Å². The maximum atomic E-state index is 6.39. The average Bonchev–Trinajstić information content (AvgIpc) is 3.94. The van der Waals surface area contributed by atoms with Gasteiger partial charge in [0.2, 0.25) is 0 Å². The van der Waals surface area contributed by atoms with Gasteiger partial charge in [-0.15, -0.1) is 0 Å². The van der Waals surface area contributed by atoms with Crippen LogP contribution in [0.4, 0.5) is 0 Å². The first-order valence-electron chi connectivity index (χ1n) is 14.4. The van der Waals surface area contributed by atoms with Gasteiger partial charge in [-0.3, -0.25) is 0 Å². The smallest absolute Gasteiger partial charge is 0.127 e. The normalized spacial score (nSPS) is 19.2. The summed E-state index contributed by atoms with van der Waals surface area (Å²) >= 11 is 0. The van der Waals surface area contributed by atoms with Gasteiger partial charge >= 0.3 is 0 Å². The Balaban J connectivity index is 1.46. The van der Waals surface area contributed by atoms with E-state index in [1.54, 1.807) is 0 Å². The van der Waals surface area contributed by atoms with Crippen LogP contribution in [0.1, 0.15) is 36.1 Å². The zero-order valence-electron chi connectivity index (χ0n) is 23.4. The molecule has 210 valence electrons. The molecule has 2 aliphatic heterocycles. The lowest BCUT2D eigenvalue weighted by atomic mass is 9.67. The third kappa shape index (κ3) is 4.71. The summed E-state index contributed by atoms with van der Waals surface area (Å²) in [7, 11) is 0. The Morgan fingerprint density at radius 2 is 1.02 bits per heavy atom. The quantitative estimate of drug-likeness (QED) is 0.168. The van der Waals surface area contributed by atoms with Gasteiger partial charge in [0.1, 0.15) is 48.4 Å². The predicted octanol–water partition coefficient (Wildman–Crippen LogP) is 6.40. The highest BCUT2D eigenvalue weighted by Gasteiger charge is 2.49. The van der Waals surface area contributed by atoms with Gasteiger partial charge in [-0.1, -0.05) is 60.7 Å². The predicted molar refractivity (Wildman–Crippen MR) is 157 cm³/mol. The van der Waals surface area contributed by atoms with Crippen LogP contribution in [0.5, 0.6) is 23.0 Å². The van der Waals surface area contributed by atoms with E-state index < -0.39 is 5.41 Å². The molecule has 2 fully saturated rings. The summed E-state index contributed by atoms with van der Waals surface area (Å²) in [5.74, 6) is 3.08. The number of ether oxygens (including phenoxy) is 6. The SMILES string of the molecule is CCOc1cc(OCC2CO2)ccc1C1(c2ccc(OCC3CO3)cc2OCC)c2ccccc2-c2ccccc21. The fourth-order valence-electron chi connectivity index (χ4n) is 6.02. The highest BCUT2D eigenvalue weighted by Crippen LogP contribution is 2.60. The van der Waals surface area contributed by atoms with Gasteiger partial charge < -0.3 is 28.4 Å². The molecule has 0 bridgehead atoms. The number of benzene rings is 4. The number of hydrogen-bond donors (Lipinski definition) is 0. The lowest BCUT2D eigenvalue weighted by molar-refractivity contribution is 0.260. The maximum Gasteiger partial charge on any atom is 0.127 e. The van der Waals surface area contributed by atoms with Crippen molar-refractivity contribution in [3.8, 4) is 34.1 Å². The van der Waals surface area contributed by atoms with Crippen molar-refractivity contribution in [3.63, 3.8) is 0 Å². The topological polar surface area (TPSA) is 62.0 Å². The molecule has 41 heavy (non-hydrogen) atoms. The zero-order valence-corrected chi connectivity index (χ0v) is 23.4. The van der Waals surface area contributed by atoms with E-state index in [0.29, 0.717) is 26.4 Å². The van der Waals surface area contributed by atoms with Crippen molar-refractivity contribution in [2.45, 2.75) is 31.5 Å². The van der Waals surface area contributed by atoms with E-state index >= 15 is 0 Å². The summed E-state index contributed by atoms with van der Waals surface area (Å²) < 4.78 is 35.7. The Kier molecular flexibility index (Phi) is 6.81. The molecule has 4 aromatic carbocycles. The largest absolute Gasteiger partial charge is 0.493 e. The van der Waals surface area contributed by atoms with Gasteiger partial charge in [-0.2, -0.15) is 0 Å². The van der Waals surface area contributed by atoms with Crippen molar-refractivity contribution >= 4 is 0 Å². The summed E-state index contributed by atoms with van der Waals surface area (Å²) in [6.45, 7) is 7.64. The third-order valence-corrected chi connectivity index (χ3v) is 7.94.